The molecule has 8 nitrogen and oxygen atoms in total. The highest BCUT2D eigenvalue weighted by Crippen LogP contribution is 2.25. The Morgan fingerprint density at radius 2 is 1.89 bits per heavy atom. The molecular weight excluding hydrogens is 360 g/mol. The number of rotatable bonds is 5. The Balaban J connectivity index is 2.04. The number of ether oxygens (including phenoxy) is 1. The van der Waals surface area contributed by atoms with Crippen LogP contribution in [0, 0.1) is 12.8 Å². The van der Waals surface area contributed by atoms with Crippen molar-refractivity contribution in [2.75, 3.05) is 24.6 Å². The number of anilines is 1. The highest BCUT2D eigenvalue weighted by molar-refractivity contribution is 5.93. The molecule has 1 aromatic heterocycles. The minimum atomic E-state index is -0.586. The van der Waals surface area contributed by atoms with E-state index in [1.165, 1.54) is 10.7 Å². The summed E-state index contributed by atoms with van der Waals surface area (Å²) in [6.07, 6.45) is 1.14. The Bertz CT molecular complexity index is 945. The van der Waals surface area contributed by atoms with Crippen LogP contribution in [-0.4, -0.2) is 41.4 Å². The highest BCUT2D eigenvalue weighted by Gasteiger charge is 2.28. The summed E-state index contributed by atoms with van der Waals surface area (Å²) in [5.74, 6) is -1.10. The fourth-order valence-corrected chi connectivity index (χ4v) is 3.41. The molecule has 148 valence electrons. The van der Waals surface area contributed by atoms with Crippen molar-refractivity contribution in [1.82, 2.24) is 9.78 Å². The zero-order valence-electron chi connectivity index (χ0n) is 16.1. The molecule has 2 N–H and O–H groups in total. The van der Waals surface area contributed by atoms with Crippen molar-refractivity contribution in [3.63, 3.8) is 0 Å². The number of para-hydroxylation sites is 1. The van der Waals surface area contributed by atoms with Crippen molar-refractivity contribution in [3.05, 3.63) is 51.9 Å². The number of carbonyl (C=O) groups is 2. The number of nitrogens with zero attached hydrogens (tertiary/aromatic N) is 3. The number of hydrogen-bond donors (Lipinski definition) is 1. The summed E-state index contributed by atoms with van der Waals surface area (Å²) in [5.41, 5.74) is 7.04. The molecule has 28 heavy (non-hydrogen) atoms. The van der Waals surface area contributed by atoms with Crippen molar-refractivity contribution >= 4 is 17.6 Å². The van der Waals surface area contributed by atoms with Crippen LogP contribution in [0.5, 0.6) is 0 Å². The van der Waals surface area contributed by atoms with Crippen LogP contribution in [0.4, 0.5) is 5.69 Å². The van der Waals surface area contributed by atoms with Gasteiger partial charge in [-0.3, -0.25) is 9.59 Å². The van der Waals surface area contributed by atoms with Crippen LogP contribution in [0.2, 0.25) is 0 Å². The molecule has 8 heteroatoms. The lowest BCUT2D eigenvalue weighted by atomic mass is 9.96. The summed E-state index contributed by atoms with van der Waals surface area (Å²) in [5, 5.41) is 4.35. The summed E-state index contributed by atoms with van der Waals surface area (Å²) in [6.45, 7) is 4.81. The van der Waals surface area contributed by atoms with Crippen molar-refractivity contribution < 1.29 is 14.3 Å². The minimum absolute atomic E-state index is 0.0854. The lowest BCUT2D eigenvalue weighted by Gasteiger charge is -2.32. The van der Waals surface area contributed by atoms with Crippen LogP contribution in [0.25, 0.3) is 5.69 Å². The second-order valence-electron chi connectivity index (χ2n) is 6.80. The van der Waals surface area contributed by atoms with E-state index in [2.05, 4.69) is 5.10 Å². The quantitative estimate of drug-likeness (QED) is 0.781. The van der Waals surface area contributed by atoms with Gasteiger partial charge in [-0.2, -0.15) is 9.78 Å². The van der Waals surface area contributed by atoms with Gasteiger partial charge in [0.2, 0.25) is 5.91 Å². The van der Waals surface area contributed by atoms with E-state index in [0.29, 0.717) is 37.3 Å². The van der Waals surface area contributed by atoms with E-state index < -0.39 is 5.97 Å². The second-order valence-corrected chi connectivity index (χ2v) is 6.80. The fourth-order valence-electron chi connectivity index (χ4n) is 3.41. The topological polar surface area (TPSA) is 108 Å². The van der Waals surface area contributed by atoms with Gasteiger partial charge >= 0.3 is 5.97 Å². The Morgan fingerprint density at radius 3 is 2.50 bits per heavy atom. The van der Waals surface area contributed by atoms with Crippen molar-refractivity contribution in [1.29, 1.82) is 0 Å². The molecule has 0 atom stereocenters. The van der Waals surface area contributed by atoms with Gasteiger partial charge in [0.05, 0.1) is 18.0 Å². The summed E-state index contributed by atoms with van der Waals surface area (Å²) in [6, 6.07) is 8.74. The van der Waals surface area contributed by atoms with Crippen LogP contribution in [0.1, 0.15) is 35.8 Å². The third-order valence-electron chi connectivity index (χ3n) is 4.96. The Labute approximate surface area is 162 Å². The number of primary amides is 1. The fraction of sp³-hybridized carbons (Fsp3) is 0.400. The molecule has 1 aliphatic rings. The predicted molar refractivity (Wildman–Crippen MR) is 105 cm³/mol. The molecule has 0 saturated carbocycles. The Hall–Kier alpha value is -3.16. The van der Waals surface area contributed by atoms with Crippen LogP contribution >= 0.6 is 0 Å². The summed E-state index contributed by atoms with van der Waals surface area (Å²) in [7, 11) is 0. The molecule has 0 radical (unpaired) electrons. The third kappa shape index (κ3) is 3.90. The van der Waals surface area contributed by atoms with Gasteiger partial charge < -0.3 is 15.4 Å². The zero-order chi connectivity index (χ0) is 20.3. The molecule has 2 aromatic rings. The summed E-state index contributed by atoms with van der Waals surface area (Å²) in [4.78, 5) is 38.6. The van der Waals surface area contributed by atoms with Gasteiger partial charge in [0.15, 0.2) is 5.69 Å². The molecule has 1 amide bonds. The molecule has 1 saturated heterocycles. The van der Waals surface area contributed by atoms with Crippen LogP contribution in [-0.2, 0) is 9.53 Å². The van der Waals surface area contributed by atoms with Crippen LogP contribution in [0.15, 0.2) is 35.1 Å². The number of esters is 1. The molecule has 0 aliphatic carbocycles. The average molecular weight is 384 g/mol. The first kappa shape index (κ1) is 19.6. The Morgan fingerprint density at radius 1 is 1.21 bits per heavy atom. The highest BCUT2D eigenvalue weighted by atomic mass is 16.5. The molecular formula is C20H24N4O4. The molecule has 1 aromatic carbocycles. The number of nitrogens with two attached hydrogens (primary N) is 1. The van der Waals surface area contributed by atoms with E-state index in [4.69, 9.17) is 10.5 Å². The molecule has 3 rings (SSSR count). The first-order valence-electron chi connectivity index (χ1n) is 9.34. The van der Waals surface area contributed by atoms with Gasteiger partial charge in [-0.25, -0.2) is 4.79 Å². The van der Waals surface area contributed by atoms with Gasteiger partial charge in [0.25, 0.3) is 5.56 Å². The maximum absolute atomic E-state index is 12.8. The molecule has 1 fully saturated rings. The van der Waals surface area contributed by atoms with E-state index in [9.17, 15) is 14.4 Å². The van der Waals surface area contributed by atoms with E-state index in [0.717, 1.165) is 5.56 Å². The molecule has 0 bridgehead atoms. The van der Waals surface area contributed by atoms with Crippen molar-refractivity contribution in [3.8, 4) is 5.69 Å². The average Bonchev–Trinajstić information content (AvgIpc) is 2.68. The Kier molecular flexibility index (Phi) is 5.77. The lowest BCUT2D eigenvalue weighted by Crippen LogP contribution is -2.40. The first-order chi connectivity index (χ1) is 13.4. The number of carbonyl (C=O) groups excluding carboxylic acids is 2. The number of aromatic nitrogens is 2. The summed E-state index contributed by atoms with van der Waals surface area (Å²) >= 11 is 0. The van der Waals surface area contributed by atoms with Crippen molar-refractivity contribution in [2.45, 2.75) is 26.7 Å². The monoisotopic (exact) mass is 384 g/mol. The standard InChI is InChI=1S/C20H24N4O4/c1-3-28-20(27)18-16(23-10-8-14(9-11-23)19(21)26)12-17(25)24(22-18)15-7-5-4-6-13(15)2/h4-7,12,14H,3,8-11H2,1-2H3,(H2,21,26). The number of hydrogen-bond acceptors (Lipinski definition) is 6. The maximum atomic E-state index is 12.8. The number of piperidine rings is 1. The summed E-state index contributed by atoms with van der Waals surface area (Å²) < 4.78 is 6.39. The van der Waals surface area contributed by atoms with E-state index in [-0.39, 0.29) is 29.7 Å². The van der Waals surface area contributed by atoms with Crippen LogP contribution < -0.4 is 16.2 Å². The maximum Gasteiger partial charge on any atom is 0.360 e. The largest absolute Gasteiger partial charge is 0.461 e. The minimum Gasteiger partial charge on any atom is -0.461 e. The SMILES string of the molecule is CCOC(=O)c1nn(-c2ccccc2C)c(=O)cc1N1CCC(C(N)=O)CC1. The van der Waals surface area contributed by atoms with E-state index >= 15 is 0 Å². The molecule has 1 aliphatic heterocycles. The van der Waals surface area contributed by atoms with Crippen LogP contribution in [0.3, 0.4) is 0 Å². The van der Waals surface area contributed by atoms with Gasteiger partial charge in [0, 0.05) is 25.1 Å². The van der Waals surface area contributed by atoms with Gasteiger partial charge in [-0.05, 0) is 38.3 Å². The second kappa shape index (κ2) is 8.24. The molecule has 0 spiro atoms. The number of aryl methyl sites for hydroxylation is 1. The smallest absolute Gasteiger partial charge is 0.360 e. The third-order valence-corrected chi connectivity index (χ3v) is 4.96. The predicted octanol–water partition coefficient (Wildman–Crippen LogP) is 1.42. The van der Waals surface area contributed by atoms with E-state index in [1.807, 2.05) is 30.0 Å². The molecule has 0 unspecified atom stereocenters. The first-order valence-corrected chi connectivity index (χ1v) is 9.34. The lowest BCUT2D eigenvalue weighted by molar-refractivity contribution is -0.122. The number of amides is 1. The van der Waals surface area contributed by atoms with Gasteiger partial charge in [-0.1, -0.05) is 18.2 Å². The van der Waals surface area contributed by atoms with Crippen molar-refractivity contribution in [2.24, 2.45) is 11.7 Å². The molecule has 2 heterocycles. The van der Waals surface area contributed by atoms with Gasteiger partial charge in [0.1, 0.15) is 0 Å². The van der Waals surface area contributed by atoms with Gasteiger partial charge in [-0.15, -0.1) is 0 Å². The number of benzene rings is 1. The van der Waals surface area contributed by atoms with E-state index in [1.54, 1.807) is 13.0 Å². The normalized spacial score (nSPS) is 14.7. The zero-order valence-corrected chi connectivity index (χ0v) is 16.1.